The van der Waals surface area contributed by atoms with Crippen molar-refractivity contribution in [2.45, 2.75) is 71.6 Å². The normalized spacial score (nSPS) is 13.3. The number of aliphatic hydroxyl groups is 1. The van der Waals surface area contributed by atoms with E-state index in [1.807, 2.05) is 0 Å². The Kier molecular flexibility index (Phi) is 9.61. The number of aliphatic hydroxyl groups excluding tert-OH is 1. The zero-order valence-electron chi connectivity index (χ0n) is 15.1. The molecule has 0 rings (SSSR count). The molecule has 23 heavy (non-hydrogen) atoms. The molecule has 7 heteroatoms. The number of alkyl carbamates (subject to hydrolysis) is 1. The maximum atomic E-state index is 12.2. The minimum Gasteiger partial charge on any atom is -0.458 e. The maximum Gasteiger partial charge on any atom is 0.408 e. The smallest absolute Gasteiger partial charge is 0.408 e. The maximum absolute atomic E-state index is 12.2. The van der Waals surface area contributed by atoms with Crippen LogP contribution in [-0.2, 0) is 14.3 Å². The highest BCUT2D eigenvalue weighted by Gasteiger charge is 2.28. The van der Waals surface area contributed by atoms with Gasteiger partial charge in [0.05, 0.1) is 0 Å². The third kappa shape index (κ3) is 13.2. The van der Waals surface area contributed by atoms with Crippen molar-refractivity contribution in [1.82, 2.24) is 5.32 Å². The van der Waals surface area contributed by atoms with Crippen molar-refractivity contribution >= 4 is 23.8 Å². The van der Waals surface area contributed by atoms with Gasteiger partial charge in [0, 0.05) is 6.61 Å². The van der Waals surface area contributed by atoms with Gasteiger partial charge in [-0.05, 0) is 65.9 Å². The lowest BCUT2D eigenvalue weighted by Gasteiger charge is -2.26. The van der Waals surface area contributed by atoms with Crippen LogP contribution >= 0.6 is 11.8 Å². The minimum absolute atomic E-state index is 0.151. The number of nitrogens with one attached hydrogen (secondary N) is 1. The zero-order chi connectivity index (χ0) is 18.1. The van der Waals surface area contributed by atoms with Gasteiger partial charge in [-0.25, -0.2) is 9.59 Å². The van der Waals surface area contributed by atoms with E-state index in [4.69, 9.17) is 14.6 Å². The molecule has 136 valence electrons. The van der Waals surface area contributed by atoms with Crippen molar-refractivity contribution in [1.29, 1.82) is 0 Å². The zero-order valence-corrected chi connectivity index (χ0v) is 15.9. The van der Waals surface area contributed by atoms with E-state index in [2.05, 4.69) is 5.32 Å². The number of amides is 1. The Morgan fingerprint density at radius 3 is 2.09 bits per heavy atom. The summed E-state index contributed by atoms with van der Waals surface area (Å²) in [6.45, 7) is 10.8. The van der Waals surface area contributed by atoms with Gasteiger partial charge in [-0.1, -0.05) is 0 Å². The Morgan fingerprint density at radius 2 is 1.61 bits per heavy atom. The number of carbonyl (C=O) groups is 2. The van der Waals surface area contributed by atoms with Crippen LogP contribution in [-0.4, -0.2) is 52.5 Å². The van der Waals surface area contributed by atoms with Crippen LogP contribution in [0.1, 0.15) is 54.4 Å². The van der Waals surface area contributed by atoms with Crippen molar-refractivity contribution in [3.63, 3.8) is 0 Å². The van der Waals surface area contributed by atoms with Gasteiger partial charge < -0.3 is 19.9 Å². The Balaban J connectivity index is 4.60. The number of thioether (sulfide) groups is 1. The Morgan fingerprint density at radius 1 is 1.04 bits per heavy atom. The molecule has 0 radical (unpaired) electrons. The lowest BCUT2D eigenvalue weighted by molar-refractivity contribution is -0.157. The quantitative estimate of drug-likeness (QED) is 0.518. The van der Waals surface area contributed by atoms with Gasteiger partial charge in [-0.15, -0.1) is 0 Å². The summed E-state index contributed by atoms with van der Waals surface area (Å²) in [4.78, 5) is 24.1. The van der Waals surface area contributed by atoms with Gasteiger partial charge in [0.15, 0.2) is 0 Å². The summed E-state index contributed by atoms with van der Waals surface area (Å²) in [6.07, 6.45) is 0.527. The summed E-state index contributed by atoms with van der Waals surface area (Å²) in [7, 11) is 0. The Labute approximate surface area is 143 Å². The van der Waals surface area contributed by atoms with Crippen LogP contribution in [0.3, 0.4) is 0 Å². The molecule has 1 amide bonds. The molecule has 0 fully saturated rings. The standard InChI is InChI=1S/C16H31NO5S/c1-15(2,3)21-13(19)12(8-11-23-10-7-9-18)17-14(20)22-16(4,5)6/h12,18H,7-11H2,1-6H3,(H,17,20)/t12-/m1/s1. The molecule has 0 aromatic heterocycles. The van der Waals surface area contributed by atoms with Crippen molar-refractivity contribution in [2.75, 3.05) is 18.1 Å². The molecule has 0 spiro atoms. The first-order valence-corrected chi connectivity index (χ1v) is 9.01. The van der Waals surface area contributed by atoms with Gasteiger partial charge in [0.1, 0.15) is 17.2 Å². The number of esters is 1. The number of rotatable bonds is 8. The molecule has 0 unspecified atom stereocenters. The molecule has 2 N–H and O–H groups in total. The molecule has 6 nitrogen and oxygen atoms in total. The van der Waals surface area contributed by atoms with E-state index in [1.165, 1.54) is 0 Å². The molecule has 0 aromatic rings. The Hall–Kier alpha value is -0.950. The van der Waals surface area contributed by atoms with Crippen molar-refractivity contribution in [2.24, 2.45) is 0 Å². The van der Waals surface area contributed by atoms with Crippen LogP contribution in [0, 0.1) is 0 Å². The summed E-state index contributed by atoms with van der Waals surface area (Å²) >= 11 is 1.62. The first kappa shape index (κ1) is 22.1. The first-order chi connectivity index (χ1) is 10.4. The van der Waals surface area contributed by atoms with Gasteiger partial charge in [-0.3, -0.25) is 0 Å². The van der Waals surface area contributed by atoms with Crippen molar-refractivity contribution in [3.8, 4) is 0 Å². The molecule has 0 aliphatic heterocycles. The molecule has 0 saturated carbocycles. The summed E-state index contributed by atoms with van der Waals surface area (Å²) in [5.41, 5.74) is -1.24. The summed E-state index contributed by atoms with van der Waals surface area (Å²) < 4.78 is 10.5. The van der Waals surface area contributed by atoms with Gasteiger partial charge in [-0.2, -0.15) is 11.8 Å². The van der Waals surface area contributed by atoms with E-state index in [9.17, 15) is 9.59 Å². The SMILES string of the molecule is CC(C)(C)OC(=O)N[C@H](CCSCCCO)C(=O)OC(C)(C)C. The van der Waals surface area contributed by atoms with Crippen LogP contribution in [0.4, 0.5) is 4.79 Å². The highest BCUT2D eigenvalue weighted by atomic mass is 32.2. The highest BCUT2D eigenvalue weighted by Crippen LogP contribution is 2.14. The number of carbonyl (C=O) groups excluding carboxylic acids is 2. The summed E-state index contributed by atoms with van der Waals surface area (Å²) in [6, 6.07) is -0.745. The second-order valence-electron chi connectivity index (χ2n) is 7.21. The van der Waals surface area contributed by atoms with Crippen LogP contribution in [0.2, 0.25) is 0 Å². The summed E-state index contributed by atoms with van der Waals surface area (Å²) in [5.74, 6) is 1.02. The summed E-state index contributed by atoms with van der Waals surface area (Å²) in [5, 5.41) is 11.3. The molecule has 0 aliphatic rings. The first-order valence-electron chi connectivity index (χ1n) is 7.85. The van der Waals surface area contributed by atoms with Crippen molar-refractivity contribution in [3.05, 3.63) is 0 Å². The van der Waals surface area contributed by atoms with Crippen LogP contribution in [0.15, 0.2) is 0 Å². The van der Waals surface area contributed by atoms with Gasteiger partial charge in [0.25, 0.3) is 0 Å². The monoisotopic (exact) mass is 349 g/mol. The van der Waals surface area contributed by atoms with Gasteiger partial charge in [0.2, 0.25) is 0 Å². The molecule has 0 heterocycles. The molecule has 0 aromatic carbocycles. The minimum atomic E-state index is -0.745. The fourth-order valence-corrected chi connectivity index (χ4v) is 2.48. The average Bonchev–Trinajstić information content (AvgIpc) is 2.32. The molecular weight excluding hydrogens is 318 g/mol. The predicted molar refractivity (Wildman–Crippen MR) is 92.6 cm³/mol. The lowest BCUT2D eigenvalue weighted by Crippen LogP contribution is -2.46. The predicted octanol–water partition coefficient (Wildman–Crippen LogP) is 2.73. The van der Waals surface area contributed by atoms with Crippen LogP contribution in [0.5, 0.6) is 0 Å². The third-order valence-corrected chi connectivity index (χ3v) is 3.48. The van der Waals surface area contributed by atoms with E-state index in [-0.39, 0.29) is 6.61 Å². The second kappa shape index (κ2) is 10.0. The van der Waals surface area contributed by atoms with E-state index in [0.717, 1.165) is 5.75 Å². The molecule has 0 aliphatic carbocycles. The van der Waals surface area contributed by atoms with E-state index in [1.54, 1.807) is 53.3 Å². The highest BCUT2D eigenvalue weighted by molar-refractivity contribution is 7.99. The number of ether oxygens (including phenoxy) is 2. The molecule has 0 bridgehead atoms. The van der Waals surface area contributed by atoms with Crippen molar-refractivity contribution < 1.29 is 24.2 Å². The van der Waals surface area contributed by atoms with E-state index >= 15 is 0 Å². The topological polar surface area (TPSA) is 84.9 Å². The number of hydrogen-bond donors (Lipinski definition) is 2. The van der Waals surface area contributed by atoms with Crippen LogP contribution < -0.4 is 5.32 Å². The third-order valence-electron chi connectivity index (χ3n) is 2.38. The second-order valence-corrected chi connectivity index (χ2v) is 8.44. The fraction of sp³-hybridized carbons (Fsp3) is 0.875. The largest absolute Gasteiger partial charge is 0.458 e. The molecule has 1 atom stereocenters. The average molecular weight is 349 g/mol. The number of hydrogen-bond acceptors (Lipinski definition) is 6. The lowest BCUT2D eigenvalue weighted by atomic mass is 10.1. The Bertz CT molecular complexity index is 374. The van der Waals surface area contributed by atoms with Crippen LogP contribution in [0.25, 0.3) is 0 Å². The van der Waals surface area contributed by atoms with E-state index in [0.29, 0.717) is 18.6 Å². The van der Waals surface area contributed by atoms with E-state index < -0.39 is 29.3 Å². The molecule has 0 saturated heterocycles. The molecular formula is C16H31NO5S. The fourth-order valence-electron chi connectivity index (χ4n) is 1.54. The van der Waals surface area contributed by atoms with Gasteiger partial charge >= 0.3 is 12.1 Å².